The summed E-state index contributed by atoms with van der Waals surface area (Å²) in [5.41, 5.74) is 0.471. The minimum absolute atomic E-state index is 0.501. The Balaban J connectivity index is 2.08. The molecule has 0 N–H and O–H groups in total. The van der Waals surface area contributed by atoms with Crippen LogP contribution in [-0.2, 0) is 15.2 Å². The molecule has 0 spiro atoms. The van der Waals surface area contributed by atoms with Gasteiger partial charge in [0.25, 0.3) is 0 Å². The summed E-state index contributed by atoms with van der Waals surface area (Å²) in [6.07, 6.45) is 0.974. The molecule has 0 bridgehead atoms. The van der Waals surface area contributed by atoms with Crippen LogP contribution in [0.25, 0.3) is 10.8 Å². The summed E-state index contributed by atoms with van der Waals surface area (Å²) < 4.78 is 11.8. The zero-order valence-corrected chi connectivity index (χ0v) is 11.8. The monoisotopic (exact) mass is 270 g/mol. The van der Waals surface area contributed by atoms with Gasteiger partial charge in [0, 0.05) is 18.7 Å². The lowest BCUT2D eigenvalue weighted by Crippen LogP contribution is -2.49. The van der Waals surface area contributed by atoms with Crippen molar-refractivity contribution >= 4 is 10.8 Å². The fourth-order valence-electron chi connectivity index (χ4n) is 2.71. The average molecular weight is 270 g/mol. The SMILES string of the molecule is CCCOC1(c2cccc3ccccc23)COCC[N]1. The molecule has 20 heavy (non-hydrogen) atoms. The van der Waals surface area contributed by atoms with Crippen molar-refractivity contribution in [2.24, 2.45) is 0 Å². The standard InChI is InChI=1S/C17H20NO2/c1-2-11-20-17(13-19-12-10-18-17)16-9-5-7-14-6-3-4-8-15(14)16/h3-9H,2,10-13H2,1H3. The molecule has 1 aliphatic rings. The summed E-state index contributed by atoms with van der Waals surface area (Å²) in [4.78, 5) is 0. The van der Waals surface area contributed by atoms with Crippen molar-refractivity contribution in [2.75, 3.05) is 26.4 Å². The van der Waals surface area contributed by atoms with E-state index in [2.05, 4.69) is 49.4 Å². The van der Waals surface area contributed by atoms with Crippen LogP contribution < -0.4 is 5.32 Å². The van der Waals surface area contributed by atoms with Crippen molar-refractivity contribution < 1.29 is 9.47 Å². The minimum atomic E-state index is -0.644. The number of morpholine rings is 1. The molecule has 2 aromatic carbocycles. The zero-order chi connectivity index (χ0) is 13.8. The second-order valence-corrected chi connectivity index (χ2v) is 5.09. The molecular formula is C17H20NO2. The second-order valence-electron chi connectivity index (χ2n) is 5.09. The molecule has 3 nitrogen and oxygen atoms in total. The zero-order valence-electron chi connectivity index (χ0n) is 11.8. The number of ether oxygens (including phenoxy) is 2. The van der Waals surface area contributed by atoms with Crippen molar-refractivity contribution in [1.29, 1.82) is 0 Å². The number of rotatable bonds is 4. The van der Waals surface area contributed by atoms with Gasteiger partial charge >= 0.3 is 0 Å². The molecule has 3 heteroatoms. The van der Waals surface area contributed by atoms with Crippen LogP contribution in [0.5, 0.6) is 0 Å². The van der Waals surface area contributed by atoms with E-state index in [4.69, 9.17) is 14.8 Å². The molecule has 1 heterocycles. The number of fused-ring (bicyclic) bond motifs is 1. The first kappa shape index (κ1) is 13.6. The predicted molar refractivity (Wildman–Crippen MR) is 79.7 cm³/mol. The van der Waals surface area contributed by atoms with Crippen LogP contribution in [-0.4, -0.2) is 26.4 Å². The van der Waals surface area contributed by atoms with Gasteiger partial charge < -0.3 is 9.47 Å². The molecule has 1 unspecified atom stereocenters. The quantitative estimate of drug-likeness (QED) is 0.855. The maximum absolute atomic E-state index is 6.12. The molecule has 1 radical (unpaired) electrons. The van der Waals surface area contributed by atoms with Gasteiger partial charge in [0.1, 0.15) is 0 Å². The molecule has 1 atom stereocenters. The van der Waals surface area contributed by atoms with Crippen molar-refractivity contribution in [3.8, 4) is 0 Å². The summed E-state index contributed by atoms with van der Waals surface area (Å²) in [7, 11) is 0. The highest BCUT2D eigenvalue weighted by Crippen LogP contribution is 2.32. The molecule has 1 saturated heterocycles. The van der Waals surface area contributed by atoms with Crippen molar-refractivity contribution in [2.45, 2.75) is 19.1 Å². The van der Waals surface area contributed by atoms with Gasteiger partial charge in [0.2, 0.25) is 0 Å². The van der Waals surface area contributed by atoms with Crippen LogP contribution in [0.4, 0.5) is 0 Å². The summed E-state index contributed by atoms with van der Waals surface area (Å²) in [5.74, 6) is 0. The van der Waals surface area contributed by atoms with Gasteiger partial charge in [-0.05, 0) is 17.2 Å². The maximum Gasteiger partial charge on any atom is 0.184 e. The van der Waals surface area contributed by atoms with Crippen LogP contribution in [0.3, 0.4) is 0 Å². The number of hydrogen-bond donors (Lipinski definition) is 0. The van der Waals surface area contributed by atoms with Crippen molar-refractivity contribution in [3.63, 3.8) is 0 Å². The first-order valence-electron chi connectivity index (χ1n) is 7.24. The molecule has 105 valence electrons. The molecule has 0 saturated carbocycles. The predicted octanol–water partition coefficient (Wildman–Crippen LogP) is 3.05. The van der Waals surface area contributed by atoms with Gasteiger partial charge in [-0.1, -0.05) is 49.4 Å². The van der Waals surface area contributed by atoms with E-state index in [0.717, 1.165) is 12.0 Å². The lowest BCUT2D eigenvalue weighted by molar-refractivity contribution is -0.151. The van der Waals surface area contributed by atoms with E-state index in [1.807, 2.05) is 0 Å². The van der Waals surface area contributed by atoms with E-state index >= 15 is 0 Å². The first-order valence-corrected chi connectivity index (χ1v) is 7.24. The summed E-state index contributed by atoms with van der Waals surface area (Å²) >= 11 is 0. The number of nitrogens with zero attached hydrogens (tertiary/aromatic N) is 1. The first-order chi connectivity index (χ1) is 9.86. The molecule has 0 aromatic heterocycles. The molecule has 1 aliphatic heterocycles. The van der Waals surface area contributed by atoms with E-state index in [1.165, 1.54) is 10.8 Å². The number of benzene rings is 2. The number of hydrogen-bond acceptors (Lipinski definition) is 2. The van der Waals surface area contributed by atoms with Gasteiger partial charge in [0.15, 0.2) is 5.72 Å². The Morgan fingerprint density at radius 1 is 1.20 bits per heavy atom. The molecule has 0 aliphatic carbocycles. The Hall–Kier alpha value is -1.42. The Kier molecular flexibility index (Phi) is 4.01. The van der Waals surface area contributed by atoms with Gasteiger partial charge in [-0.25, -0.2) is 0 Å². The third kappa shape index (κ3) is 2.44. The van der Waals surface area contributed by atoms with Gasteiger partial charge in [-0.3, -0.25) is 0 Å². The highest BCUT2D eigenvalue weighted by molar-refractivity contribution is 5.86. The minimum Gasteiger partial charge on any atom is -0.375 e. The van der Waals surface area contributed by atoms with Crippen LogP contribution in [0, 0.1) is 0 Å². The summed E-state index contributed by atoms with van der Waals surface area (Å²) in [5, 5.41) is 7.18. The fourth-order valence-corrected chi connectivity index (χ4v) is 2.71. The van der Waals surface area contributed by atoms with Crippen LogP contribution in [0.1, 0.15) is 18.9 Å². The normalized spacial score (nSPS) is 23.1. The molecule has 3 rings (SSSR count). The van der Waals surface area contributed by atoms with Gasteiger partial charge in [-0.2, -0.15) is 5.32 Å². The second kappa shape index (κ2) is 5.92. The van der Waals surface area contributed by atoms with Crippen LogP contribution >= 0.6 is 0 Å². The van der Waals surface area contributed by atoms with E-state index in [-0.39, 0.29) is 0 Å². The Labute approximate surface area is 119 Å². The summed E-state index contributed by atoms with van der Waals surface area (Å²) in [6.45, 7) is 4.67. The third-order valence-corrected chi connectivity index (χ3v) is 3.66. The Morgan fingerprint density at radius 2 is 2.05 bits per heavy atom. The molecule has 1 fully saturated rings. The summed E-state index contributed by atoms with van der Waals surface area (Å²) in [6, 6.07) is 14.7. The molecular weight excluding hydrogens is 250 g/mol. The smallest absolute Gasteiger partial charge is 0.184 e. The van der Waals surface area contributed by atoms with Gasteiger partial charge in [-0.15, -0.1) is 0 Å². The average Bonchev–Trinajstić information content (AvgIpc) is 2.53. The maximum atomic E-state index is 6.12. The highest BCUT2D eigenvalue weighted by Gasteiger charge is 2.38. The fraction of sp³-hybridized carbons (Fsp3) is 0.412. The van der Waals surface area contributed by atoms with Crippen molar-refractivity contribution in [3.05, 3.63) is 48.0 Å². The largest absolute Gasteiger partial charge is 0.375 e. The lowest BCUT2D eigenvalue weighted by Gasteiger charge is -2.37. The molecule has 2 aromatic rings. The van der Waals surface area contributed by atoms with Crippen LogP contribution in [0.2, 0.25) is 0 Å². The van der Waals surface area contributed by atoms with Gasteiger partial charge in [0.05, 0.1) is 13.2 Å². The lowest BCUT2D eigenvalue weighted by atomic mass is 9.95. The van der Waals surface area contributed by atoms with E-state index in [0.29, 0.717) is 26.4 Å². The molecule has 0 amide bonds. The Morgan fingerprint density at radius 3 is 2.85 bits per heavy atom. The third-order valence-electron chi connectivity index (χ3n) is 3.66. The van der Waals surface area contributed by atoms with Crippen molar-refractivity contribution in [1.82, 2.24) is 5.32 Å². The topological polar surface area (TPSA) is 32.6 Å². The van der Waals surface area contributed by atoms with E-state index in [1.54, 1.807) is 0 Å². The Bertz CT molecular complexity index is 571. The van der Waals surface area contributed by atoms with Crippen LogP contribution in [0.15, 0.2) is 42.5 Å². The highest BCUT2D eigenvalue weighted by atomic mass is 16.6. The van der Waals surface area contributed by atoms with E-state index < -0.39 is 5.72 Å². The van der Waals surface area contributed by atoms with E-state index in [9.17, 15) is 0 Å².